The summed E-state index contributed by atoms with van der Waals surface area (Å²) in [6, 6.07) is 3.01. The number of ether oxygens (including phenoxy) is 1. The predicted molar refractivity (Wildman–Crippen MR) is 104 cm³/mol. The van der Waals surface area contributed by atoms with Crippen LogP contribution in [0.5, 0.6) is 5.75 Å². The lowest BCUT2D eigenvalue weighted by atomic mass is 9.94. The van der Waals surface area contributed by atoms with E-state index in [0.29, 0.717) is 11.4 Å². The highest BCUT2D eigenvalue weighted by Gasteiger charge is 2.29. The third-order valence-electron chi connectivity index (χ3n) is 4.66. The molecule has 148 valence electrons. The van der Waals surface area contributed by atoms with Crippen LogP contribution in [0.25, 0.3) is 11.1 Å². The fraction of sp³-hybridized carbons (Fsp3) is 0.278. The van der Waals surface area contributed by atoms with E-state index in [1.807, 2.05) is 0 Å². The van der Waals surface area contributed by atoms with E-state index in [1.54, 1.807) is 6.07 Å². The molecule has 9 nitrogen and oxygen atoms in total. The second kappa shape index (κ2) is 7.43. The van der Waals surface area contributed by atoms with Gasteiger partial charge in [-0.3, -0.25) is 4.79 Å². The van der Waals surface area contributed by atoms with Gasteiger partial charge in [0.05, 0.1) is 17.8 Å². The summed E-state index contributed by atoms with van der Waals surface area (Å²) < 4.78 is 5.42. The molecule has 0 saturated carbocycles. The van der Waals surface area contributed by atoms with Crippen LogP contribution < -0.4 is 20.9 Å². The third kappa shape index (κ3) is 3.24. The maximum absolute atomic E-state index is 12.2. The van der Waals surface area contributed by atoms with E-state index in [-0.39, 0.29) is 16.1 Å². The highest BCUT2D eigenvalue weighted by molar-refractivity contribution is 6.34. The van der Waals surface area contributed by atoms with Crippen molar-refractivity contribution in [3.05, 3.63) is 38.6 Å². The van der Waals surface area contributed by atoms with Crippen molar-refractivity contribution in [3.63, 3.8) is 0 Å². The number of anilines is 2. The van der Waals surface area contributed by atoms with Gasteiger partial charge < -0.3 is 30.6 Å². The molecule has 1 aliphatic rings. The maximum atomic E-state index is 12.2. The molecule has 28 heavy (non-hydrogen) atoms. The first-order chi connectivity index (χ1) is 13.3. The van der Waals surface area contributed by atoms with Crippen molar-refractivity contribution in [2.45, 2.75) is 12.8 Å². The number of nitrogens with zero attached hydrogens (tertiary/aromatic N) is 1. The van der Waals surface area contributed by atoms with Gasteiger partial charge in [0.2, 0.25) is 0 Å². The first-order valence-corrected chi connectivity index (χ1v) is 8.79. The number of benzene rings is 1. The third-order valence-corrected chi connectivity index (χ3v) is 4.97. The zero-order valence-electron chi connectivity index (χ0n) is 14.9. The number of nitrogens with two attached hydrogens (primary N) is 1. The van der Waals surface area contributed by atoms with Crippen molar-refractivity contribution in [1.82, 2.24) is 4.98 Å². The van der Waals surface area contributed by atoms with Crippen LogP contribution in [0.2, 0.25) is 5.02 Å². The standard InChI is InChI=1S/C18H18ClN3O6/c1-28-11-6-8(9(19)7-10(11)22-4-2-3-5-22)12-13(17(24)25)15(20)21-16(23)14(12)18(26)27/h6-7H,2-5H2,1H3,(H,24,25)(H,26,27)(H3,20,21,23). The van der Waals surface area contributed by atoms with Gasteiger partial charge in [0.15, 0.2) is 0 Å². The number of carboxylic acid groups (broad SMARTS) is 2. The summed E-state index contributed by atoms with van der Waals surface area (Å²) in [5.41, 5.74) is 3.72. The molecule has 0 radical (unpaired) electrons. The highest BCUT2D eigenvalue weighted by Crippen LogP contribution is 2.42. The van der Waals surface area contributed by atoms with Crippen LogP contribution in [0.3, 0.4) is 0 Å². The number of aromatic amines is 1. The molecule has 2 aromatic rings. The number of hydrogen-bond donors (Lipinski definition) is 4. The topological polar surface area (TPSA) is 146 Å². The highest BCUT2D eigenvalue weighted by atomic mass is 35.5. The normalized spacial score (nSPS) is 13.6. The smallest absolute Gasteiger partial charge is 0.342 e. The van der Waals surface area contributed by atoms with Crippen molar-refractivity contribution < 1.29 is 24.5 Å². The molecule has 1 fully saturated rings. The number of pyridine rings is 1. The van der Waals surface area contributed by atoms with Gasteiger partial charge in [0.25, 0.3) is 5.56 Å². The number of carbonyl (C=O) groups is 2. The fourth-order valence-corrected chi connectivity index (χ4v) is 3.67. The molecule has 0 aliphatic carbocycles. The van der Waals surface area contributed by atoms with Gasteiger partial charge in [-0.15, -0.1) is 0 Å². The zero-order valence-corrected chi connectivity index (χ0v) is 15.7. The van der Waals surface area contributed by atoms with Crippen LogP contribution in [0, 0.1) is 0 Å². The van der Waals surface area contributed by atoms with E-state index in [9.17, 15) is 24.6 Å². The summed E-state index contributed by atoms with van der Waals surface area (Å²) in [7, 11) is 1.44. The van der Waals surface area contributed by atoms with Crippen molar-refractivity contribution >= 4 is 35.0 Å². The van der Waals surface area contributed by atoms with Gasteiger partial charge in [0.1, 0.15) is 22.7 Å². The number of methoxy groups -OCH3 is 1. The molecule has 0 amide bonds. The zero-order chi connectivity index (χ0) is 20.6. The Kier molecular flexibility index (Phi) is 5.19. The van der Waals surface area contributed by atoms with Gasteiger partial charge in [0, 0.05) is 24.2 Å². The van der Waals surface area contributed by atoms with Crippen molar-refractivity contribution in [2.24, 2.45) is 0 Å². The van der Waals surface area contributed by atoms with Crippen LogP contribution in [0.1, 0.15) is 33.6 Å². The molecule has 1 aromatic carbocycles. The molecule has 0 atom stereocenters. The fourth-order valence-electron chi connectivity index (χ4n) is 3.42. The molecule has 1 saturated heterocycles. The number of nitrogen functional groups attached to an aromatic ring is 1. The molecule has 0 spiro atoms. The van der Waals surface area contributed by atoms with Crippen molar-refractivity contribution in [2.75, 3.05) is 30.8 Å². The lowest BCUT2D eigenvalue weighted by Gasteiger charge is -2.22. The average Bonchev–Trinajstić information content (AvgIpc) is 3.14. The monoisotopic (exact) mass is 407 g/mol. The van der Waals surface area contributed by atoms with Crippen LogP contribution in [0.4, 0.5) is 11.5 Å². The van der Waals surface area contributed by atoms with Crippen LogP contribution >= 0.6 is 11.6 Å². The Labute approximate surface area is 164 Å². The Bertz CT molecular complexity index is 1030. The maximum Gasteiger partial charge on any atom is 0.342 e. The molecule has 2 heterocycles. The van der Waals surface area contributed by atoms with E-state index in [4.69, 9.17) is 22.1 Å². The van der Waals surface area contributed by atoms with E-state index < -0.39 is 34.4 Å². The number of aromatic carboxylic acids is 2. The summed E-state index contributed by atoms with van der Waals surface area (Å²) in [6.45, 7) is 1.62. The Morgan fingerprint density at radius 2 is 1.79 bits per heavy atom. The summed E-state index contributed by atoms with van der Waals surface area (Å²) in [5.74, 6) is -3.17. The van der Waals surface area contributed by atoms with Gasteiger partial charge in [-0.1, -0.05) is 11.6 Å². The lowest BCUT2D eigenvalue weighted by molar-refractivity contribution is 0.0695. The second-order valence-corrected chi connectivity index (χ2v) is 6.71. The van der Waals surface area contributed by atoms with E-state index >= 15 is 0 Å². The first kappa shape index (κ1) is 19.6. The first-order valence-electron chi connectivity index (χ1n) is 8.41. The van der Waals surface area contributed by atoms with Gasteiger partial charge in [-0.05, 0) is 25.0 Å². The summed E-state index contributed by atoms with van der Waals surface area (Å²) in [5, 5.41) is 19.2. The van der Waals surface area contributed by atoms with Gasteiger partial charge in [-0.25, -0.2) is 9.59 Å². The number of H-pyrrole nitrogens is 1. The second-order valence-electron chi connectivity index (χ2n) is 6.30. The Balaban J connectivity index is 2.36. The molecule has 1 aliphatic heterocycles. The molecule has 3 rings (SSSR count). The van der Waals surface area contributed by atoms with Crippen molar-refractivity contribution in [1.29, 1.82) is 0 Å². The summed E-state index contributed by atoms with van der Waals surface area (Å²) in [6.07, 6.45) is 2.03. The number of nitrogens with one attached hydrogen (secondary N) is 1. The number of hydrogen-bond acceptors (Lipinski definition) is 6. The summed E-state index contributed by atoms with van der Waals surface area (Å²) >= 11 is 6.41. The minimum atomic E-state index is -1.60. The largest absolute Gasteiger partial charge is 0.495 e. The lowest BCUT2D eigenvalue weighted by Crippen LogP contribution is -2.24. The van der Waals surface area contributed by atoms with Gasteiger partial charge >= 0.3 is 11.9 Å². The molecule has 5 N–H and O–H groups in total. The Morgan fingerprint density at radius 3 is 2.32 bits per heavy atom. The molecular weight excluding hydrogens is 390 g/mol. The molecule has 10 heteroatoms. The van der Waals surface area contributed by atoms with Crippen LogP contribution in [-0.2, 0) is 0 Å². The number of aromatic nitrogens is 1. The van der Waals surface area contributed by atoms with Crippen LogP contribution in [-0.4, -0.2) is 47.3 Å². The number of rotatable bonds is 5. The quantitative estimate of drug-likeness (QED) is 0.590. The average molecular weight is 408 g/mol. The van der Waals surface area contributed by atoms with E-state index in [2.05, 4.69) is 9.88 Å². The molecule has 0 unspecified atom stereocenters. The molecule has 1 aromatic heterocycles. The SMILES string of the molecule is COc1cc(-c2c(C(=O)O)c(N)[nH]c(=O)c2C(=O)O)c(Cl)cc1N1CCCC1. The molecule has 0 bridgehead atoms. The van der Waals surface area contributed by atoms with Crippen LogP contribution in [0.15, 0.2) is 16.9 Å². The van der Waals surface area contributed by atoms with E-state index in [0.717, 1.165) is 25.9 Å². The number of halogens is 1. The van der Waals surface area contributed by atoms with E-state index in [1.165, 1.54) is 13.2 Å². The van der Waals surface area contributed by atoms with Crippen molar-refractivity contribution in [3.8, 4) is 16.9 Å². The minimum Gasteiger partial charge on any atom is -0.495 e. The Hall–Kier alpha value is -3.20. The Morgan fingerprint density at radius 1 is 1.18 bits per heavy atom. The minimum absolute atomic E-state index is 0.0362. The predicted octanol–water partition coefficient (Wildman–Crippen LogP) is 2.28. The number of carboxylic acids is 2. The summed E-state index contributed by atoms with van der Waals surface area (Å²) in [4.78, 5) is 39.8. The molecular formula is C18H18ClN3O6. The van der Waals surface area contributed by atoms with Gasteiger partial charge in [-0.2, -0.15) is 0 Å².